The Morgan fingerprint density at radius 1 is 0.909 bits per heavy atom. The first-order valence-electron chi connectivity index (χ1n) is 8.80. The summed E-state index contributed by atoms with van der Waals surface area (Å²) in [6, 6.07) is 10.6. The summed E-state index contributed by atoms with van der Waals surface area (Å²) < 4.78 is 5.70. The normalized spacial score (nSPS) is 42.7. The molecule has 1 aromatic carbocycles. The van der Waals surface area contributed by atoms with Crippen molar-refractivity contribution in [2.45, 2.75) is 44.2 Å². The van der Waals surface area contributed by atoms with Crippen LogP contribution >= 0.6 is 0 Å². The Bertz CT molecular complexity index is 556. The Labute approximate surface area is 131 Å². The van der Waals surface area contributed by atoms with Gasteiger partial charge in [0.1, 0.15) is 6.10 Å². The zero-order chi connectivity index (χ0) is 14.7. The van der Waals surface area contributed by atoms with E-state index in [0.717, 1.165) is 35.8 Å². The fourth-order valence-corrected chi connectivity index (χ4v) is 5.97. The second kappa shape index (κ2) is 4.74. The molecule has 0 spiro atoms. The number of carbonyl (C=O) groups excluding carboxylic acids is 1. The van der Waals surface area contributed by atoms with Crippen molar-refractivity contribution in [2.75, 3.05) is 6.54 Å². The number of carbonyl (C=O) groups is 1. The molecule has 5 aliphatic rings. The van der Waals surface area contributed by atoms with Crippen LogP contribution < -0.4 is 0 Å². The third-order valence-corrected chi connectivity index (χ3v) is 6.55. The van der Waals surface area contributed by atoms with Gasteiger partial charge in [0.15, 0.2) is 0 Å². The molecule has 1 atom stereocenters. The highest BCUT2D eigenvalue weighted by Crippen LogP contribution is 2.55. The number of nitrogens with zero attached hydrogens (tertiary/aromatic N) is 1. The molecule has 6 rings (SSSR count). The van der Waals surface area contributed by atoms with Gasteiger partial charge in [-0.3, -0.25) is 0 Å². The molecule has 1 amide bonds. The van der Waals surface area contributed by atoms with Crippen molar-refractivity contribution in [3.05, 3.63) is 35.9 Å². The van der Waals surface area contributed by atoms with Crippen molar-refractivity contribution >= 4 is 6.09 Å². The zero-order valence-corrected chi connectivity index (χ0v) is 12.9. The fourth-order valence-electron chi connectivity index (χ4n) is 5.97. The molecule has 4 aliphatic carbocycles. The van der Waals surface area contributed by atoms with E-state index in [1.165, 1.54) is 32.1 Å². The standard InChI is InChI=1S/C19H23NO2/c21-19-20(11-17(22-19)14-4-2-1-3-5-14)18-15-7-12-6-13(9-15)10-16(18)8-12/h1-5,12-13,15-18H,6-11H2/t12?,13?,15?,16?,17-,18?/m1/s1. The van der Waals surface area contributed by atoms with Crippen LogP contribution in [0, 0.1) is 23.7 Å². The first-order valence-corrected chi connectivity index (χ1v) is 8.80. The van der Waals surface area contributed by atoms with Crippen LogP contribution in [-0.4, -0.2) is 23.6 Å². The summed E-state index contributed by atoms with van der Waals surface area (Å²) in [5.41, 5.74) is 1.13. The Kier molecular flexibility index (Phi) is 2.80. The van der Waals surface area contributed by atoms with E-state index in [1.807, 2.05) is 18.2 Å². The number of ether oxygens (including phenoxy) is 1. The number of amides is 1. The molecule has 5 fully saturated rings. The molecule has 4 saturated carbocycles. The zero-order valence-electron chi connectivity index (χ0n) is 12.9. The van der Waals surface area contributed by atoms with Crippen molar-refractivity contribution in [1.29, 1.82) is 0 Å². The van der Waals surface area contributed by atoms with Crippen LogP contribution in [0.4, 0.5) is 4.79 Å². The molecule has 0 unspecified atom stereocenters. The van der Waals surface area contributed by atoms with Gasteiger partial charge in [-0.1, -0.05) is 30.3 Å². The van der Waals surface area contributed by atoms with E-state index in [1.54, 1.807) is 0 Å². The maximum absolute atomic E-state index is 12.5. The van der Waals surface area contributed by atoms with Crippen LogP contribution in [0.1, 0.15) is 43.8 Å². The minimum absolute atomic E-state index is 0.0775. The molecule has 116 valence electrons. The summed E-state index contributed by atoms with van der Waals surface area (Å²) in [5.74, 6) is 3.36. The highest BCUT2D eigenvalue weighted by Gasteiger charge is 2.53. The van der Waals surface area contributed by atoms with Gasteiger partial charge in [0.25, 0.3) is 0 Å². The second-order valence-corrected chi connectivity index (χ2v) is 7.86. The Balaban J connectivity index is 1.39. The first-order chi connectivity index (χ1) is 10.8. The molecule has 1 aromatic rings. The van der Waals surface area contributed by atoms with E-state index in [2.05, 4.69) is 17.0 Å². The van der Waals surface area contributed by atoms with Crippen LogP contribution in [-0.2, 0) is 4.74 Å². The molecule has 0 N–H and O–H groups in total. The van der Waals surface area contributed by atoms with Gasteiger partial charge in [-0.05, 0) is 61.3 Å². The van der Waals surface area contributed by atoms with Crippen molar-refractivity contribution in [2.24, 2.45) is 23.7 Å². The highest BCUT2D eigenvalue weighted by atomic mass is 16.6. The summed E-state index contributed by atoms with van der Waals surface area (Å²) in [6.07, 6.45) is 6.68. The smallest absolute Gasteiger partial charge is 0.410 e. The number of hydrogen-bond donors (Lipinski definition) is 0. The van der Waals surface area contributed by atoms with E-state index in [9.17, 15) is 4.79 Å². The van der Waals surface area contributed by atoms with Crippen LogP contribution in [0.3, 0.4) is 0 Å². The lowest BCUT2D eigenvalue weighted by Crippen LogP contribution is -2.56. The Hall–Kier alpha value is -1.51. The van der Waals surface area contributed by atoms with Crippen molar-refractivity contribution in [3.63, 3.8) is 0 Å². The summed E-state index contributed by atoms with van der Waals surface area (Å²) in [7, 11) is 0. The largest absolute Gasteiger partial charge is 0.439 e. The molecule has 1 saturated heterocycles. The van der Waals surface area contributed by atoms with Gasteiger partial charge in [0.05, 0.1) is 6.54 Å². The monoisotopic (exact) mass is 297 g/mol. The van der Waals surface area contributed by atoms with Crippen LogP contribution in [0.15, 0.2) is 30.3 Å². The fraction of sp³-hybridized carbons (Fsp3) is 0.632. The minimum Gasteiger partial charge on any atom is -0.439 e. The van der Waals surface area contributed by atoms with E-state index in [0.29, 0.717) is 6.04 Å². The maximum Gasteiger partial charge on any atom is 0.410 e. The Morgan fingerprint density at radius 2 is 1.55 bits per heavy atom. The second-order valence-electron chi connectivity index (χ2n) is 7.86. The summed E-state index contributed by atoms with van der Waals surface area (Å²) >= 11 is 0. The first kappa shape index (κ1) is 13.0. The molecule has 0 aromatic heterocycles. The number of rotatable bonds is 2. The van der Waals surface area contributed by atoms with Gasteiger partial charge < -0.3 is 9.64 Å². The SMILES string of the molecule is O=C1O[C@@H](c2ccccc2)CN1C1C2CC3CC(C2)CC1C3. The molecule has 1 heterocycles. The molecular formula is C19H23NO2. The lowest BCUT2D eigenvalue weighted by molar-refractivity contribution is -0.0480. The van der Waals surface area contributed by atoms with Crippen LogP contribution in [0.2, 0.25) is 0 Å². The molecule has 22 heavy (non-hydrogen) atoms. The van der Waals surface area contributed by atoms with E-state index >= 15 is 0 Å². The average Bonchev–Trinajstić information content (AvgIpc) is 2.89. The van der Waals surface area contributed by atoms with Gasteiger partial charge in [0.2, 0.25) is 0 Å². The van der Waals surface area contributed by atoms with E-state index in [4.69, 9.17) is 4.74 Å². The van der Waals surface area contributed by atoms with E-state index in [-0.39, 0.29) is 12.2 Å². The third-order valence-electron chi connectivity index (χ3n) is 6.55. The Morgan fingerprint density at radius 3 is 2.18 bits per heavy atom. The van der Waals surface area contributed by atoms with Gasteiger partial charge in [0, 0.05) is 6.04 Å². The lowest BCUT2D eigenvalue weighted by atomic mass is 9.54. The van der Waals surface area contributed by atoms with Crippen molar-refractivity contribution in [1.82, 2.24) is 4.90 Å². The number of hydrogen-bond acceptors (Lipinski definition) is 2. The van der Waals surface area contributed by atoms with Crippen LogP contribution in [0.5, 0.6) is 0 Å². The molecular weight excluding hydrogens is 274 g/mol. The quantitative estimate of drug-likeness (QED) is 0.825. The van der Waals surface area contributed by atoms with Crippen LogP contribution in [0.25, 0.3) is 0 Å². The molecule has 4 bridgehead atoms. The number of benzene rings is 1. The van der Waals surface area contributed by atoms with Gasteiger partial charge >= 0.3 is 6.09 Å². The van der Waals surface area contributed by atoms with Crippen molar-refractivity contribution in [3.8, 4) is 0 Å². The minimum atomic E-state index is -0.0779. The summed E-state index contributed by atoms with van der Waals surface area (Å²) in [5, 5.41) is 0. The highest BCUT2D eigenvalue weighted by molar-refractivity contribution is 5.71. The molecule has 3 heteroatoms. The van der Waals surface area contributed by atoms with Gasteiger partial charge in [-0.2, -0.15) is 0 Å². The van der Waals surface area contributed by atoms with Gasteiger partial charge in [-0.15, -0.1) is 0 Å². The molecule has 3 nitrogen and oxygen atoms in total. The predicted octanol–water partition coefficient (Wildman–Crippen LogP) is 4.00. The maximum atomic E-state index is 12.5. The lowest BCUT2D eigenvalue weighted by Gasteiger charge is -2.56. The van der Waals surface area contributed by atoms with E-state index < -0.39 is 0 Å². The predicted molar refractivity (Wildman–Crippen MR) is 83.2 cm³/mol. The average molecular weight is 297 g/mol. The van der Waals surface area contributed by atoms with Crippen molar-refractivity contribution < 1.29 is 9.53 Å². The molecule has 1 aliphatic heterocycles. The number of cyclic esters (lactones) is 1. The topological polar surface area (TPSA) is 29.5 Å². The summed E-state index contributed by atoms with van der Waals surface area (Å²) in [6.45, 7) is 0.746. The summed E-state index contributed by atoms with van der Waals surface area (Å²) in [4.78, 5) is 14.6. The van der Waals surface area contributed by atoms with Gasteiger partial charge in [-0.25, -0.2) is 4.79 Å². The third kappa shape index (κ3) is 1.90. The molecule has 0 radical (unpaired) electrons.